The molecule has 0 atom stereocenters. The molecule has 1 aromatic heterocycles. The van der Waals surface area contributed by atoms with Crippen LogP contribution in [0, 0.1) is 0 Å². The molecule has 0 aliphatic carbocycles. The molecular weight excluding hydrogens is 192 g/mol. The molecule has 0 aromatic carbocycles. The number of nitrogen functional groups attached to an aromatic ring is 1. The number of rotatable bonds is 4. The van der Waals surface area contributed by atoms with Crippen molar-refractivity contribution in [1.82, 2.24) is 9.88 Å². The second-order valence-corrected chi connectivity index (χ2v) is 3.04. The third-order valence-electron chi connectivity index (χ3n) is 2.26. The zero-order valence-corrected chi connectivity index (χ0v) is 9.03. The average Bonchev–Trinajstić information content (AvgIpc) is 2.30. The van der Waals surface area contributed by atoms with Crippen LogP contribution < -0.4 is 11.3 Å². The van der Waals surface area contributed by atoms with Crippen LogP contribution in [-0.4, -0.2) is 28.9 Å². The number of aromatic nitrogens is 1. The van der Waals surface area contributed by atoms with Gasteiger partial charge >= 0.3 is 0 Å². The van der Waals surface area contributed by atoms with E-state index in [9.17, 15) is 4.79 Å². The van der Waals surface area contributed by atoms with Gasteiger partial charge in [0.1, 0.15) is 0 Å². The Bertz CT molecular complexity index is 336. The molecule has 1 amide bonds. The second-order valence-electron chi connectivity index (χ2n) is 3.04. The Hall–Kier alpha value is -1.62. The number of nitrogens with two attached hydrogens (primary N) is 1. The van der Waals surface area contributed by atoms with Crippen LogP contribution >= 0.6 is 0 Å². The molecule has 0 fully saturated rings. The minimum Gasteiger partial charge on any atom is -0.339 e. The SMILES string of the molecule is CCN(CC)C(=O)c1ccncc1NN. The van der Waals surface area contributed by atoms with Crippen LogP contribution in [0.2, 0.25) is 0 Å². The fraction of sp³-hybridized carbons (Fsp3) is 0.400. The van der Waals surface area contributed by atoms with Crippen LogP contribution in [0.25, 0.3) is 0 Å². The van der Waals surface area contributed by atoms with Gasteiger partial charge in [-0.15, -0.1) is 0 Å². The monoisotopic (exact) mass is 208 g/mol. The molecule has 0 spiro atoms. The van der Waals surface area contributed by atoms with Crippen LogP contribution in [0.4, 0.5) is 5.69 Å². The Morgan fingerprint density at radius 1 is 1.53 bits per heavy atom. The number of pyridine rings is 1. The van der Waals surface area contributed by atoms with Crippen LogP contribution in [0.3, 0.4) is 0 Å². The normalized spacial score (nSPS) is 9.80. The van der Waals surface area contributed by atoms with E-state index in [-0.39, 0.29) is 5.91 Å². The lowest BCUT2D eigenvalue weighted by Gasteiger charge is -2.19. The highest BCUT2D eigenvalue weighted by Gasteiger charge is 2.15. The van der Waals surface area contributed by atoms with Gasteiger partial charge in [-0.1, -0.05) is 0 Å². The van der Waals surface area contributed by atoms with Gasteiger partial charge in [0.2, 0.25) is 0 Å². The highest BCUT2D eigenvalue weighted by Crippen LogP contribution is 2.14. The van der Waals surface area contributed by atoms with Crippen molar-refractivity contribution in [2.24, 2.45) is 5.84 Å². The standard InChI is InChI=1S/C10H16N4O/c1-3-14(4-2)10(15)8-5-6-12-7-9(8)13-11/h5-7,13H,3-4,11H2,1-2H3. The number of amides is 1. The number of carbonyl (C=O) groups excluding carboxylic acids is 1. The van der Waals surface area contributed by atoms with E-state index in [0.717, 1.165) is 0 Å². The summed E-state index contributed by atoms with van der Waals surface area (Å²) >= 11 is 0. The molecule has 0 saturated heterocycles. The summed E-state index contributed by atoms with van der Waals surface area (Å²) in [6, 6.07) is 1.66. The third kappa shape index (κ3) is 2.44. The minimum absolute atomic E-state index is 0.0321. The maximum Gasteiger partial charge on any atom is 0.256 e. The third-order valence-corrected chi connectivity index (χ3v) is 2.26. The number of anilines is 1. The van der Waals surface area contributed by atoms with Crippen molar-refractivity contribution in [2.75, 3.05) is 18.5 Å². The fourth-order valence-corrected chi connectivity index (χ4v) is 1.38. The van der Waals surface area contributed by atoms with Crippen molar-refractivity contribution >= 4 is 11.6 Å². The molecule has 5 heteroatoms. The molecule has 82 valence electrons. The molecular formula is C10H16N4O. The summed E-state index contributed by atoms with van der Waals surface area (Å²) < 4.78 is 0. The maximum atomic E-state index is 12.0. The van der Waals surface area contributed by atoms with Crippen molar-refractivity contribution in [3.63, 3.8) is 0 Å². The summed E-state index contributed by atoms with van der Waals surface area (Å²) in [6.07, 6.45) is 3.12. The van der Waals surface area contributed by atoms with Gasteiger partial charge in [-0.25, -0.2) is 0 Å². The molecule has 0 aliphatic heterocycles. The summed E-state index contributed by atoms with van der Waals surface area (Å²) in [5, 5.41) is 0. The first-order chi connectivity index (χ1) is 7.24. The predicted molar refractivity (Wildman–Crippen MR) is 59.3 cm³/mol. The Morgan fingerprint density at radius 2 is 2.20 bits per heavy atom. The van der Waals surface area contributed by atoms with Gasteiger partial charge in [0, 0.05) is 19.3 Å². The lowest BCUT2D eigenvalue weighted by molar-refractivity contribution is 0.0774. The van der Waals surface area contributed by atoms with Crippen molar-refractivity contribution in [3.05, 3.63) is 24.0 Å². The van der Waals surface area contributed by atoms with Crippen LogP contribution in [0.5, 0.6) is 0 Å². The summed E-state index contributed by atoms with van der Waals surface area (Å²) in [7, 11) is 0. The van der Waals surface area contributed by atoms with E-state index in [1.807, 2.05) is 13.8 Å². The molecule has 1 heterocycles. The molecule has 0 unspecified atom stereocenters. The number of nitrogens with zero attached hydrogens (tertiary/aromatic N) is 2. The molecule has 1 rings (SSSR count). The maximum absolute atomic E-state index is 12.0. The van der Waals surface area contributed by atoms with E-state index in [4.69, 9.17) is 5.84 Å². The van der Waals surface area contributed by atoms with Crippen molar-refractivity contribution < 1.29 is 4.79 Å². The Labute approximate surface area is 89.3 Å². The molecule has 5 nitrogen and oxygen atoms in total. The average molecular weight is 208 g/mol. The molecule has 0 aliphatic rings. The molecule has 0 bridgehead atoms. The zero-order chi connectivity index (χ0) is 11.3. The van der Waals surface area contributed by atoms with Gasteiger partial charge in [0.15, 0.2) is 0 Å². The van der Waals surface area contributed by atoms with Gasteiger partial charge in [-0.2, -0.15) is 0 Å². The largest absolute Gasteiger partial charge is 0.339 e. The number of hydrazine groups is 1. The van der Waals surface area contributed by atoms with Crippen LogP contribution in [0.1, 0.15) is 24.2 Å². The van der Waals surface area contributed by atoms with Gasteiger partial charge in [0.25, 0.3) is 5.91 Å². The van der Waals surface area contributed by atoms with Crippen LogP contribution in [-0.2, 0) is 0 Å². The summed E-state index contributed by atoms with van der Waals surface area (Å²) in [4.78, 5) is 17.6. The number of hydrogen-bond donors (Lipinski definition) is 2. The van der Waals surface area contributed by atoms with E-state index >= 15 is 0 Å². The molecule has 15 heavy (non-hydrogen) atoms. The first-order valence-corrected chi connectivity index (χ1v) is 4.94. The van der Waals surface area contributed by atoms with Crippen molar-refractivity contribution in [2.45, 2.75) is 13.8 Å². The van der Waals surface area contributed by atoms with Gasteiger partial charge in [-0.3, -0.25) is 15.6 Å². The zero-order valence-electron chi connectivity index (χ0n) is 9.03. The van der Waals surface area contributed by atoms with E-state index in [0.29, 0.717) is 24.3 Å². The molecule has 0 saturated carbocycles. The van der Waals surface area contributed by atoms with Gasteiger partial charge < -0.3 is 10.3 Å². The lowest BCUT2D eigenvalue weighted by atomic mass is 10.2. The van der Waals surface area contributed by atoms with Crippen molar-refractivity contribution in [1.29, 1.82) is 0 Å². The highest BCUT2D eigenvalue weighted by molar-refractivity contribution is 5.99. The second kappa shape index (κ2) is 5.31. The van der Waals surface area contributed by atoms with E-state index in [1.54, 1.807) is 17.2 Å². The molecule has 1 aromatic rings. The number of carbonyl (C=O) groups is 1. The van der Waals surface area contributed by atoms with Crippen LogP contribution in [0.15, 0.2) is 18.5 Å². The molecule has 0 radical (unpaired) electrons. The van der Waals surface area contributed by atoms with E-state index in [2.05, 4.69) is 10.4 Å². The Morgan fingerprint density at radius 3 is 2.73 bits per heavy atom. The number of hydrogen-bond acceptors (Lipinski definition) is 4. The smallest absolute Gasteiger partial charge is 0.256 e. The number of nitrogens with one attached hydrogen (secondary N) is 1. The van der Waals surface area contributed by atoms with Gasteiger partial charge in [0.05, 0.1) is 17.4 Å². The topological polar surface area (TPSA) is 71.2 Å². The predicted octanol–water partition coefficient (Wildman–Crippen LogP) is 0.849. The summed E-state index contributed by atoms with van der Waals surface area (Å²) in [6.45, 7) is 5.25. The first-order valence-electron chi connectivity index (χ1n) is 4.94. The fourth-order valence-electron chi connectivity index (χ4n) is 1.38. The van der Waals surface area contributed by atoms with Crippen molar-refractivity contribution in [3.8, 4) is 0 Å². The Balaban J connectivity index is 2.99. The summed E-state index contributed by atoms with van der Waals surface area (Å²) in [5.74, 6) is 5.28. The molecule has 3 N–H and O–H groups in total. The van der Waals surface area contributed by atoms with Gasteiger partial charge in [-0.05, 0) is 19.9 Å². The van der Waals surface area contributed by atoms with E-state index < -0.39 is 0 Å². The minimum atomic E-state index is -0.0321. The van der Waals surface area contributed by atoms with E-state index in [1.165, 1.54) is 6.20 Å². The first kappa shape index (κ1) is 11.5. The quantitative estimate of drug-likeness (QED) is 0.568. The highest BCUT2D eigenvalue weighted by atomic mass is 16.2. The Kier molecular flexibility index (Phi) is 4.05. The lowest BCUT2D eigenvalue weighted by Crippen LogP contribution is -2.31. The summed E-state index contributed by atoms with van der Waals surface area (Å²) in [5.41, 5.74) is 3.57.